The molecule has 0 saturated carbocycles. The van der Waals surface area contributed by atoms with Gasteiger partial charge in [-0.3, -0.25) is 4.79 Å². The molecule has 0 heterocycles. The highest BCUT2D eigenvalue weighted by molar-refractivity contribution is 5.80. The fourth-order valence-electron chi connectivity index (χ4n) is 0.936. The summed E-state index contributed by atoms with van der Waals surface area (Å²) in [5.41, 5.74) is -1.94. The van der Waals surface area contributed by atoms with Crippen LogP contribution in [0, 0.1) is 0 Å². The number of amides is 1. The third kappa shape index (κ3) is 7.48. The Balaban J connectivity index is 3.66. The van der Waals surface area contributed by atoms with Crippen LogP contribution in [0.3, 0.4) is 0 Å². The summed E-state index contributed by atoms with van der Waals surface area (Å²) in [6, 6.07) is 0. The molecule has 1 atom stereocenters. The van der Waals surface area contributed by atoms with Crippen LogP contribution in [-0.4, -0.2) is 47.4 Å². The monoisotopic (exact) mass is 245 g/mol. The van der Waals surface area contributed by atoms with E-state index in [4.69, 9.17) is 9.84 Å². The molecule has 0 aromatic heterocycles. The van der Waals surface area contributed by atoms with Gasteiger partial charge >= 0.3 is 5.97 Å². The summed E-state index contributed by atoms with van der Waals surface area (Å²) in [5, 5.41) is 20.3. The maximum absolute atomic E-state index is 11.3. The highest BCUT2D eigenvalue weighted by Gasteiger charge is 2.29. The predicted octanol–water partition coefficient (Wildman–Crippen LogP) is -0.0790. The molecule has 6 nitrogen and oxygen atoms in total. The molecule has 0 bridgehead atoms. The van der Waals surface area contributed by atoms with Crippen LogP contribution in [0.15, 0.2) is 12.7 Å². The van der Waals surface area contributed by atoms with E-state index in [0.717, 1.165) is 6.92 Å². The molecule has 3 N–H and O–H groups in total. The minimum absolute atomic E-state index is 0.229. The van der Waals surface area contributed by atoms with E-state index in [-0.39, 0.29) is 18.9 Å². The first-order valence-corrected chi connectivity index (χ1v) is 5.31. The van der Waals surface area contributed by atoms with Crippen molar-refractivity contribution in [3.8, 4) is 0 Å². The van der Waals surface area contributed by atoms with Crippen molar-refractivity contribution in [1.29, 1.82) is 0 Å². The van der Waals surface area contributed by atoms with E-state index in [1.54, 1.807) is 6.08 Å². The molecule has 0 rings (SSSR count). The van der Waals surface area contributed by atoms with E-state index in [1.807, 2.05) is 0 Å². The number of carboxylic acids is 1. The third-order valence-corrected chi connectivity index (χ3v) is 2.02. The van der Waals surface area contributed by atoms with Gasteiger partial charge in [0.25, 0.3) is 0 Å². The zero-order chi connectivity index (χ0) is 13.3. The zero-order valence-electron chi connectivity index (χ0n) is 9.94. The van der Waals surface area contributed by atoms with Crippen molar-refractivity contribution in [2.75, 3.05) is 19.8 Å². The van der Waals surface area contributed by atoms with Crippen LogP contribution in [0.4, 0.5) is 0 Å². The van der Waals surface area contributed by atoms with Gasteiger partial charge in [0.1, 0.15) is 0 Å². The summed E-state index contributed by atoms with van der Waals surface area (Å²) in [6.45, 7) is 5.17. The van der Waals surface area contributed by atoms with Gasteiger partial charge in [0, 0.05) is 13.0 Å². The van der Waals surface area contributed by atoms with Gasteiger partial charge in [-0.2, -0.15) is 0 Å². The first-order valence-electron chi connectivity index (χ1n) is 5.31. The minimum Gasteiger partial charge on any atom is -0.479 e. The molecule has 0 aromatic rings. The molecule has 1 amide bonds. The number of carbonyl (C=O) groups is 2. The Hall–Kier alpha value is -1.40. The molecule has 98 valence electrons. The second kappa shape index (κ2) is 7.81. The van der Waals surface area contributed by atoms with Crippen LogP contribution in [0.5, 0.6) is 0 Å². The second-order valence-corrected chi connectivity index (χ2v) is 3.82. The number of aliphatic hydroxyl groups is 1. The SMILES string of the molecule is C=CCOCCCC(=O)NCC(C)(O)C(=O)O. The lowest BCUT2D eigenvalue weighted by atomic mass is 10.1. The topological polar surface area (TPSA) is 95.9 Å². The lowest BCUT2D eigenvalue weighted by Crippen LogP contribution is -2.46. The number of ether oxygens (including phenoxy) is 1. The molecule has 6 heteroatoms. The largest absolute Gasteiger partial charge is 0.479 e. The normalized spacial score (nSPS) is 13.8. The van der Waals surface area contributed by atoms with E-state index in [1.165, 1.54) is 0 Å². The van der Waals surface area contributed by atoms with E-state index < -0.39 is 11.6 Å². The molecule has 0 fully saturated rings. The maximum Gasteiger partial charge on any atom is 0.337 e. The van der Waals surface area contributed by atoms with Gasteiger partial charge in [0.2, 0.25) is 5.91 Å². The van der Waals surface area contributed by atoms with Gasteiger partial charge in [-0.15, -0.1) is 6.58 Å². The van der Waals surface area contributed by atoms with Crippen molar-refractivity contribution in [2.45, 2.75) is 25.4 Å². The molecule has 0 aliphatic heterocycles. The van der Waals surface area contributed by atoms with Crippen LogP contribution in [0.2, 0.25) is 0 Å². The summed E-state index contributed by atoms with van der Waals surface area (Å²) in [5.74, 6) is -1.68. The molecule has 0 saturated heterocycles. The Morgan fingerprint density at radius 3 is 2.71 bits per heavy atom. The highest BCUT2D eigenvalue weighted by atomic mass is 16.5. The fraction of sp³-hybridized carbons (Fsp3) is 0.636. The molecular formula is C11H19NO5. The number of carboxylic acid groups (broad SMARTS) is 1. The first-order chi connectivity index (χ1) is 7.90. The van der Waals surface area contributed by atoms with Gasteiger partial charge in [-0.05, 0) is 13.3 Å². The summed E-state index contributed by atoms with van der Waals surface area (Å²) in [4.78, 5) is 21.8. The highest BCUT2D eigenvalue weighted by Crippen LogP contribution is 2.01. The lowest BCUT2D eigenvalue weighted by molar-refractivity contribution is -0.156. The quantitative estimate of drug-likeness (QED) is 0.390. The molecule has 0 spiro atoms. The summed E-state index contributed by atoms with van der Waals surface area (Å²) in [6.07, 6.45) is 2.38. The number of hydrogen-bond acceptors (Lipinski definition) is 4. The Bertz CT molecular complexity index is 275. The van der Waals surface area contributed by atoms with E-state index in [9.17, 15) is 14.7 Å². The van der Waals surface area contributed by atoms with Crippen LogP contribution < -0.4 is 5.32 Å². The number of aliphatic carboxylic acids is 1. The lowest BCUT2D eigenvalue weighted by Gasteiger charge is -2.18. The summed E-state index contributed by atoms with van der Waals surface area (Å²) >= 11 is 0. The van der Waals surface area contributed by atoms with E-state index in [0.29, 0.717) is 19.6 Å². The maximum atomic E-state index is 11.3. The van der Waals surface area contributed by atoms with Crippen molar-refractivity contribution in [3.05, 3.63) is 12.7 Å². The molecule has 0 aliphatic rings. The van der Waals surface area contributed by atoms with Gasteiger partial charge in [-0.25, -0.2) is 4.79 Å². The Morgan fingerprint density at radius 1 is 1.53 bits per heavy atom. The fourth-order valence-corrected chi connectivity index (χ4v) is 0.936. The molecular weight excluding hydrogens is 226 g/mol. The average Bonchev–Trinajstić information content (AvgIpc) is 2.26. The van der Waals surface area contributed by atoms with Crippen LogP contribution in [0.1, 0.15) is 19.8 Å². The van der Waals surface area contributed by atoms with Crippen molar-refractivity contribution in [3.63, 3.8) is 0 Å². The van der Waals surface area contributed by atoms with E-state index in [2.05, 4.69) is 11.9 Å². The number of rotatable bonds is 9. The predicted molar refractivity (Wildman–Crippen MR) is 61.5 cm³/mol. The van der Waals surface area contributed by atoms with E-state index >= 15 is 0 Å². The van der Waals surface area contributed by atoms with Gasteiger partial charge in [0.05, 0.1) is 13.2 Å². The van der Waals surface area contributed by atoms with Crippen LogP contribution >= 0.6 is 0 Å². The van der Waals surface area contributed by atoms with Crippen molar-refractivity contribution >= 4 is 11.9 Å². The molecule has 17 heavy (non-hydrogen) atoms. The summed E-state index contributed by atoms with van der Waals surface area (Å²) in [7, 11) is 0. The Morgan fingerprint density at radius 2 is 2.18 bits per heavy atom. The Labute approximate surface area is 100 Å². The molecule has 0 aliphatic carbocycles. The standard InChI is InChI=1S/C11H19NO5/c1-3-6-17-7-4-5-9(13)12-8-11(2,16)10(14)15/h3,16H,1,4-8H2,2H3,(H,12,13)(H,14,15). The zero-order valence-corrected chi connectivity index (χ0v) is 9.94. The molecule has 1 unspecified atom stereocenters. The van der Waals surface area contributed by atoms with Crippen molar-refractivity contribution in [2.24, 2.45) is 0 Å². The minimum atomic E-state index is -1.94. The second-order valence-electron chi connectivity index (χ2n) is 3.82. The van der Waals surface area contributed by atoms with Gasteiger partial charge < -0.3 is 20.3 Å². The summed E-state index contributed by atoms with van der Waals surface area (Å²) < 4.78 is 5.08. The van der Waals surface area contributed by atoms with Crippen LogP contribution in [0.25, 0.3) is 0 Å². The van der Waals surface area contributed by atoms with Gasteiger partial charge in [-0.1, -0.05) is 6.08 Å². The third-order valence-electron chi connectivity index (χ3n) is 2.02. The number of nitrogens with one attached hydrogen (secondary N) is 1. The number of carbonyl (C=O) groups excluding carboxylic acids is 1. The van der Waals surface area contributed by atoms with Crippen LogP contribution in [-0.2, 0) is 14.3 Å². The Kier molecular flexibility index (Phi) is 7.16. The van der Waals surface area contributed by atoms with Crippen molar-refractivity contribution in [1.82, 2.24) is 5.32 Å². The first kappa shape index (κ1) is 15.6. The molecule has 0 aromatic carbocycles. The number of hydrogen-bond donors (Lipinski definition) is 3. The smallest absolute Gasteiger partial charge is 0.337 e. The van der Waals surface area contributed by atoms with Crippen molar-refractivity contribution < 1.29 is 24.5 Å². The molecule has 0 radical (unpaired) electrons. The average molecular weight is 245 g/mol. The van der Waals surface area contributed by atoms with Gasteiger partial charge in [0.15, 0.2) is 5.60 Å².